The molecule has 0 fully saturated rings. The van der Waals surface area contributed by atoms with E-state index in [2.05, 4.69) is 32.6 Å². The van der Waals surface area contributed by atoms with Crippen LogP contribution in [0.25, 0.3) is 11.4 Å². The summed E-state index contributed by atoms with van der Waals surface area (Å²) in [4.78, 5) is 7.80. The number of rotatable bonds is 1. The van der Waals surface area contributed by atoms with Crippen LogP contribution in [0.4, 0.5) is 4.39 Å². The van der Waals surface area contributed by atoms with Crippen LogP contribution in [-0.2, 0) is 0 Å². The lowest BCUT2D eigenvalue weighted by atomic mass is 10.2. The molecule has 0 amide bonds. The number of halogens is 2. The second-order valence-electron chi connectivity index (χ2n) is 2.74. The van der Waals surface area contributed by atoms with Gasteiger partial charge in [0, 0.05) is 9.13 Å². The van der Waals surface area contributed by atoms with Crippen molar-refractivity contribution < 1.29 is 4.39 Å². The highest BCUT2D eigenvalue weighted by Crippen LogP contribution is 2.16. The predicted octanol–water partition coefficient (Wildman–Crippen LogP) is 2.89. The molecule has 0 bridgehead atoms. The highest BCUT2D eigenvalue weighted by molar-refractivity contribution is 14.1. The molecule has 1 aromatic carbocycles. The molecule has 14 heavy (non-hydrogen) atoms. The average molecular weight is 300 g/mol. The van der Waals surface area contributed by atoms with E-state index in [0.717, 1.165) is 9.13 Å². The predicted molar refractivity (Wildman–Crippen MR) is 60.1 cm³/mol. The Morgan fingerprint density at radius 3 is 2.50 bits per heavy atom. The molecule has 0 aliphatic carbocycles. The summed E-state index contributed by atoms with van der Waals surface area (Å²) in [5.41, 5.74) is 0.900. The van der Waals surface area contributed by atoms with Crippen molar-refractivity contribution >= 4 is 22.6 Å². The molecular formula is C10H6FIN2. The molecule has 0 unspecified atom stereocenters. The first-order chi connectivity index (χ1) is 6.75. The molecule has 4 heteroatoms. The molecule has 0 aliphatic rings. The van der Waals surface area contributed by atoms with E-state index in [0.29, 0.717) is 5.82 Å². The Bertz CT molecular complexity index is 442. The van der Waals surface area contributed by atoms with Gasteiger partial charge < -0.3 is 0 Å². The normalized spacial score (nSPS) is 10.1. The third-order valence-corrected chi connectivity index (χ3v) is 2.37. The fourth-order valence-electron chi connectivity index (χ4n) is 1.09. The first-order valence-corrected chi connectivity index (χ1v) is 5.07. The molecule has 0 saturated carbocycles. The summed E-state index contributed by atoms with van der Waals surface area (Å²) in [6.07, 6.45) is 2.34. The van der Waals surface area contributed by atoms with Gasteiger partial charge in [-0.2, -0.15) is 0 Å². The maximum atomic E-state index is 12.6. The Morgan fingerprint density at radius 1 is 1.14 bits per heavy atom. The van der Waals surface area contributed by atoms with Gasteiger partial charge in [-0.05, 0) is 34.7 Å². The van der Waals surface area contributed by atoms with Crippen molar-refractivity contribution in [3.63, 3.8) is 0 Å². The number of hydrogen-bond donors (Lipinski definition) is 0. The molecule has 2 rings (SSSR count). The van der Waals surface area contributed by atoms with Gasteiger partial charge in [-0.15, -0.1) is 0 Å². The molecule has 2 aromatic rings. The minimum Gasteiger partial charge on any atom is -0.233 e. The summed E-state index contributed by atoms with van der Waals surface area (Å²) < 4.78 is 13.7. The van der Waals surface area contributed by atoms with Gasteiger partial charge in [-0.25, -0.2) is 14.4 Å². The molecule has 0 N–H and O–H groups in total. The van der Waals surface area contributed by atoms with Crippen molar-refractivity contribution in [3.05, 3.63) is 46.0 Å². The van der Waals surface area contributed by atoms with Crippen LogP contribution in [0, 0.1) is 9.39 Å². The third kappa shape index (κ3) is 2.06. The van der Waals surface area contributed by atoms with Crippen LogP contribution in [0.5, 0.6) is 0 Å². The Kier molecular flexibility index (Phi) is 2.72. The van der Waals surface area contributed by atoms with Crippen molar-refractivity contribution in [2.24, 2.45) is 0 Å². The van der Waals surface area contributed by atoms with Crippen molar-refractivity contribution in [2.45, 2.75) is 0 Å². The highest BCUT2D eigenvalue weighted by atomic mass is 127. The Balaban J connectivity index is 2.44. The number of aromatic nitrogens is 2. The molecular weight excluding hydrogens is 294 g/mol. The van der Waals surface area contributed by atoms with Gasteiger partial charge in [0.15, 0.2) is 11.6 Å². The van der Waals surface area contributed by atoms with Crippen molar-refractivity contribution in [1.29, 1.82) is 0 Å². The maximum Gasteiger partial charge on any atom is 0.159 e. The van der Waals surface area contributed by atoms with Crippen LogP contribution >= 0.6 is 22.6 Å². The Hall–Kier alpha value is -1.04. The lowest BCUT2D eigenvalue weighted by Gasteiger charge is -1.99. The standard InChI is InChI=1S/C10H6FIN2/c11-8-5-13-10(14-6-8)7-2-1-3-9(12)4-7/h1-6H. The SMILES string of the molecule is Fc1cnc(-c2cccc(I)c2)nc1. The first-order valence-electron chi connectivity index (χ1n) is 3.99. The summed E-state index contributed by atoms with van der Waals surface area (Å²) in [6.45, 7) is 0. The number of nitrogens with zero attached hydrogens (tertiary/aromatic N) is 2. The van der Waals surface area contributed by atoms with Crippen LogP contribution in [0.15, 0.2) is 36.7 Å². The van der Waals surface area contributed by atoms with E-state index in [1.54, 1.807) is 0 Å². The van der Waals surface area contributed by atoms with Gasteiger partial charge in [0.05, 0.1) is 12.4 Å². The molecule has 0 saturated heterocycles. The largest absolute Gasteiger partial charge is 0.233 e. The van der Waals surface area contributed by atoms with E-state index in [1.165, 1.54) is 12.4 Å². The highest BCUT2D eigenvalue weighted by Gasteiger charge is 2.00. The first kappa shape index (κ1) is 9.51. The van der Waals surface area contributed by atoms with Gasteiger partial charge in [-0.1, -0.05) is 12.1 Å². The summed E-state index contributed by atoms with van der Waals surface area (Å²) in [7, 11) is 0. The second-order valence-corrected chi connectivity index (χ2v) is 3.98. The lowest BCUT2D eigenvalue weighted by molar-refractivity contribution is 0.614. The zero-order valence-electron chi connectivity index (χ0n) is 7.11. The Morgan fingerprint density at radius 2 is 1.86 bits per heavy atom. The van der Waals surface area contributed by atoms with Gasteiger partial charge in [0.1, 0.15) is 0 Å². The maximum absolute atomic E-state index is 12.6. The van der Waals surface area contributed by atoms with E-state index >= 15 is 0 Å². The molecule has 0 atom stereocenters. The minimum absolute atomic E-state index is 0.417. The summed E-state index contributed by atoms with van der Waals surface area (Å²) in [5, 5.41) is 0. The monoisotopic (exact) mass is 300 g/mol. The molecule has 0 radical (unpaired) electrons. The molecule has 70 valence electrons. The minimum atomic E-state index is -0.417. The summed E-state index contributed by atoms with van der Waals surface area (Å²) in [5.74, 6) is 0.129. The van der Waals surface area contributed by atoms with Crippen LogP contribution in [-0.4, -0.2) is 9.97 Å². The topological polar surface area (TPSA) is 25.8 Å². The Labute approximate surface area is 94.4 Å². The number of hydrogen-bond acceptors (Lipinski definition) is 2. The molecule has 0 spiro atoms. The van der Waals surface area contributed by atoms with Crippen LogP contribution in [0.1, 0.15) is 0 Å². The van der Waals surface area contributed by atoms with Gasteiger partial charge >= 0.3 is 0 Å². The van der Waals surface area contributed by atoms with Crippen LogP contribution in [0.3, 0.4) is 0 Å². The van der Waals surface area contributed by atoms with Crippen molar-refractivity contribution in [3.8, 4) is 11.4 Å². The molecule has 2 nitrogen and oxygen atoms in total. The molecule has 1 heterocycles. The summed E-state index contributed by atoms with van der Waals surface area (Å²) in [6, 6.07) is 7.75. The van der Waals surface area contributed by atoms with Gasteiger partial charge in [-0.3, -0.25) is 0 Å². The van der Waals surface area contributed by atoms with Gasteiger partial charge in [0.2, 0.25) is 0 Å². The number of benzene rings is 1. The van der Waals surface area contributed by atoms with Crippen molar-refractivity contribution in [2.75, 3.05) is 0 Å². The smallest absolute Gasteiger partial charge is 0.159 e. The second kappa shape index (κ2) is 4.00. The van der Waals surface area contributed by atoms with E-state index in [-0.39, 0.29) is 0 Å². The van der Waals surface area contributed by atoms with Crippen LogP contribution < -0.4 is 0 Å². The fourth-order valence-corrected chi connectivity index (χ4v) is 1.63. The zero-order valence-corrected chi connectivity index (χ0v) is 9.27. The van der Waals surface area contributed by atoms with E-state index in [1.807, 2.05) is 24.3 Å². The fraction of sp³-hybridized carbons (Fsp3) is 0. The zero-order chi connectivity index (χ0) is 9.97. The van der Waals surface area contributed by atoms with E-state index in [4.69, 9.17) is 0 Å². The van der Waals surface area contributed by atoms with Crippen LogP contribution in [0.2, 0.25) is 0 Å². The quantitative estimate of drug-likeness (QED) is 0.757. The molecule has 1 aromatic heterocycles. The van der Waals surface area contributed by atoms with Gasteiger partial charge in [0.25, 0.3) is 0 Å². The third-order valence-electron chi connectivity index (χ3n) is 1.70. The lowest BCUT2D eigenvalue weighted by Crippen LogP contribution is -1.89. The molecule has 0 aliphatic heterocycles. The summed E-state index contributed by atoms with van der Waals surface area (Å²) >= 11 is 2.21. The average Bonchev–Trinajstić information content (AvgIpc) is 2.19. The van der Waals surface area contributed by atoms with Crippen molar-refractivity contribution in [1.82, 2.24) is 9.97 Å². The van der Waals surface area contributed by atoms with E-state index in [9.17, 15) is 4.39 Å². The van der Waals surface area contributed by atoms with E-state index < -0.39 is 5.82 Å².